The van der Waals surface area contributed by atoms with Gasteiger partial charge in [-0.3, -0.25) is 0 Å². The summed E-state index contributed by atoms with van der Waals surface area (Å²) in [4.78, 5) is 3.60. The third kappa shape index (κ3) is 3.32. The quantitative estimate of drug-likeness (QED) is 0.315. The monoisotopic (exact) mass is 492 g/mol. The first-order chi connectivity index (χ1) is 12.1. The summed E-state index contributed by atoms with van der Waals surface area (Å²) >= 11 is 3.70. The number of anilines is 1. The van der Waals surface area contributed by atoms with E-state index in [1.54, 1.807) is 0 Å². The first-order valence-corrected chi connectivity index (χ1v) is 9.98. The van der Waals surface area contributed by atoms with E-state index < -0.39 is 0 Å². The molecule has 0 fully saturated rings. The molecule has 0 atom stereocenters. The number of para-hydroxylation sites is 1. The molecule has 0 N–H and O–H groups in total. The molecule has 4 rings (SSSR count). The number of aromatic nitrogens is 1. The molecule has 3 aromatic rings. The van der Waals surface area contributed by atoms with Crippen LogP contribution in [0.25, 0.3) is 16.3 Å². The van der Waals surface area contributed by atoms with Crippen LogP contribution in [0.3, 0.4) is 0 Å². The van der Waals surface area contributed by atoms with E-state index in [1.165, 1.54) is 42.0 Å². The maximum atomic E-state index is 3.96. The van der Waals surface area contributed by atoms with Crippen molar-refractivity contribution in [1.29, 1.82) is 0 Å². The predicted octanol–water partition coefficient (Wildman–Crippen LogP) is 2.54. The number of nitrogens with zero attached hydrogens (tertiary/aromatic N) is 2. The fourth-order valence-electron chi connectivity index (χ4n) is 3.39. The lowest BCUT2D eigenvalue weighted by molar-refractivity contribution is -0.658. The highest BCUT2D eigenvalue weighted by molar-refractivity contribution is 8.03. The standard InChI is InChI=1S/C21H21N2S2.HI/c1-5-10-23-20(25-18-12-14(2)11-15(3)21(18)23)13-19-22(4)16-8-6-7-9-17(16)24-19;/h5-9,11-13H,1,10H2,2-4H3;1H/q+1;/p-1. The number of hydrogen-bond acceptors (Lipinski definition) is 3. The van der Waals surface area contributed by atoms with Crippen LogP contribution in [-0.4, -0.2) is 7.05 Å². The van der Waals surface area contributed by atoms with Gasteiger partial charge in [0.05, 0.1) is 16.8 Å². The van der Waals surface area contributed by atoms with Gasteiger partial charge in [0.2, 0.25) is 5.52 Å². The number of thiazole rings is 1. The lowest BCUT2D eigenvalue weighted by Gasteiger charge is -2.12. The van der Waals surface area contributed by atoms with Gasteiger partial charge < -0.3 is 28.9 Å². The molecule has 0 radical (unpaired) electrons. The SMILES string of the molecule is C=CC[n+]1c(C=C2Sc3ccccc3N2C)sc2cc(C)cc(C)c21.[I-]. The molecule has 0 spiro atoms. The van der Waals surface area contributed by atoms with Crippen molar-refractivity contribution >= 4 is 45.1 Å². The molecule has 2 nitrogen and oxygen atoms in total. The van der Waals surface area contributed by atoms with Crippen molar-refractivity contribution in [3.05, 3.63) is 70.2 Å². The highest BCUT2D eigenvalue weighted by atomic mass is 127. The molecule has 2 heterocycles. The van der Waals surface area contributed by atoms with Gasteiger partial charge >= 0.3 is 0 Å². The molecule has 134 valence electrons. The van der Waals surface area contributed by atoms with E-state index in [4.69, 9.17) is 0 Å². The summed E-state index contributed by atoms with van der Waals surface area (Å²) in [6, 6.07) is 13.1. The van der Waals surface area contributed by atoms with Crippen LogP contribution in [0.15, 0.2) is 59.0 Å². The Hall–Kier alpha value is -1.31. The van der Waals surface area contributed by atoms with Gasteiger partial charge in [0.15, 0.2) is 6.54 Å². The maximum Gasteiger partial charge on any atom is 0.265 e. The molecule has 5 heteroatoms. The molecule has 1 aliphatic heterocycles. The van der Waals surface area contributed by atoms with Gasteiger partial charge in [0.25, 0.3) is 5.01 Å². The minimum atomic E-state index is 0. The third-order valence-electron chi connectivity index (χ3n) is 4.49. The van der Waals surface area contributed by atoms with Gasteiger partial charge in [0.1, 0.15) is 4.70 Å². The molecule has 26 heavy (non-hydrogen) atoms. The Bertz CT molecular complexity index is 1020. The number of aryl methyl sites for hydroxylation is 2. The zero-order valence-electron chi connectivity index (χ0n) is 15.1. The Morgan fingerprint density at radius 1 is 1.19 bits per heavy atom. The number of hydrogen-bond donors (Lipinski definition) is 0. The molecule has 0 amide bonds. The largest absolute Gasteiger partial charge is 1.00 e. The van der Waals surface area contributed by atoms with E-state index >= 15 is 0 Å². The summed E-state index contributed by atoms with van der Waals surface area (Å²) in [6.07, 6.45) is 4.29. The average Bonchev–Trinajstić information content (AvgIpc) is 3.07. The van der Waals surface area contributed by atoms with Crippen LogP contribution < -0.4 is 33.4 Å². The van der Waals surface area contributed by atoms with Crippen molar-refractivity contribution in [3.8, 4) is 0 Å². The normalized spacial score (nSPS) is 14.6. The molecule has 0 saturated carbocycles. The first-order valence-electron chi connectivity index (χ1n) is 8.35. The lowest BCUT2D eigenvalue weighted by atomic mass is 10.1. The molecular formula is C21H21IN2S2. The first kappa shape index (κ1) is 19.5. The summed E-state index contributed by atoms with van der Waals surface area (Å²) < 4.78 is 3.72. The third-order valence-corrected chi connectivity index (χ3v) is 6.74. The van der Waals surface area contributed by atoms with E-state index in [2.05, 4.69) is 79.4 Å². The fourth-order valence-corrected chi connectivity index (χ4v) is 5.84. The van der Waals surface area contributed by atoms with Crippen molar-refractivity contribution in [2.45, 2.75) is 25.3 Å². The van der Waals surface area contributed by atoms with Crippen LogP contribution in [-0.2, 0) is 6.54 Å². The Labute approximate surface area is 180 Å². The van der Waals surface area contributed by atoms with E-state index in [-0.39, 0.29) is 24.0 Å². The number of fused-ring (bicyclic) bond motifs is 2. The van der Waals surface area contributed by atoms with Gasteiger partial charge in [-0.05, 0) is 49.8 Å². The maximum absolute atomic E-state index is 3.96. The van der Waals surface area contributed by atoms with Crippen molar-refractivity contribution < 1.29 is 28.5 Å². The second-order valence-electron chi connectivity index (χ2n) is 6.38. The highest BCUT2D eigenvalue weighted by Gasteiger charge is 2.25. The fraction of sp³-hybridized carbons (Fsp3) is 0.190. The van der Waals surface area contributed by atoms with Crippen molar-refractivity contribution in [3.63, 3.8) is 0 Å². The molecule has 0 unspecified atom stereocenters. The van der Waals surface area contributed by atoms with E-state index in [1.807, 2.05) is 29.2 Å². The van der Waals surface area contributed by atoms with E-state index in [0.717, 1.165) is 6.54 Å². The van der Waals surface area contributed by atoms with Crippen LogP contribution in [0.2, 0.25) is 0 Å². The van der Waals surface area contributed by atoms with Gasteiger partial charge in [0, 0.05) is 17.5 Å². The van der Waals surface area contributed by atoms with Crippen LogP contribution in [0.4, 0.5) is 5.69 Å². The minimum Gasteiger partial charge on any atom is -1.00 e. The van der Waals surface area contributed by atoms with E-state index in [9.17, 15) is 0 Å². The Balaban J connectivity index is 0.00000196. The summed E-state index contributed by atoms with van der Waals surface area (Å²) in [6.45, 7) is 9.15. The van der Waals surface area contributed by atoms with Crippen LogP contribution in [0, 0.1) is 13.8 Å². The number of halogens is 1. The van der Waals surface area contributed by atoms with E-state index in [0.29, 0.717) is 0 Å². The van der Waals surface area contributed by atoms with Crippen LogP contribution >= 0.6 is 23.1 Å². The van der Waals surface area contributed by atoms with Crippen molar-refractivity contribution in [2.24, 2.45) is 0 Å². The Kier molecular flexibility index (Phi) is 5.79. The molecule has 0 bridgehead atoms. The summed E-state index contributed by atoms with van der Waals surface area (Å²) in [5.41, 5.74) is 5.25. The topological polar surface area (TPSA) is 7.12 Å². The summed E-state index contributed by atoms with van der Waals surface area (Å²) in [5.74, 6) is 0. The summed E-state index contributed by atoms with van der Waals surface area (Å²) in [5, 5.41) is 2.53. The number of benzene rings is 2. The molecule has 0 aliphatic carbocycles. The molecular weight excluding hydrogens is 471 g/mol. The molecule has 1 aromatic heterocycles. The summed E-state index contributed by atoms with van der Waals surface area (Å²) in [7, 11) is 2.14. The Morgan fingerprint density at radius 2 is 1.96 bits per heavy atom. The molecule has 0 saturated heterocycles. The number of allylic oxidation sites excluding steroid dienone is 1. The van der Waals surface area contributed by atoms with Crippen LogP contribution in [0.1, 0.15) is 16.1 Å². The second kappa shape index (κ2) is 7.74. The number of thioether (sulfide) groups is 1. The zero-order valence-corrected chi connectivity index (χ0v) is 18.9. The molecule has 1 aliphatic rings. The Morgan fingerprint density at radius 3 is 2.69 bits per heavy atom. The highest BCUT2D eigenvalue weighted by Crippen LogP contribution is 2.45. The van der Waals surface area contributed by atoms with Gasteiger partial charge in [-0.25, -0.2) is 0 Å². The van der Waals surface area contributed by atoms with Gasteiger partial charge in [-0.15, -0.1) is 0 Å². The van der Waals surface area contributed by atoms with Crippen LogP contribution in [0.5, 0.6) is 0 Å². The van der Waals surface area contributed by atoms with Crippen molar-refractivity contribution in [1.82, 2.24) is 0 Å². The lowest BCUT2D eigenvalue weighted by Crippen LogP contribution is -3.00. The van der Waals surface area contributed by atoms with Crippen molar-refractivity contribution in [2.75, 3.05) is 11.9 Å². The molecule has 2 aromatic carbocycles. The van der Waals surface area contributed by atoms with Gasteiger partial charge in [-0.2, -0.15) is 4.57 Å². The zero-order chi connectivity index (χ0) is 17.6. The van der Waals surface area contributed by atoms with Gasteiger partial charge in [-0.1, -0.05) is 41.8 Å². The average molecular weight is 492 g/mol. The minimum absolute atomic E-state index is 0. The number of rotatable bonds is 3. The predicted molar refractivity (Wildman–Crippen MR) is 110 cm³/mol. The second-order valence-corrected chi connectivity index (χ2v) is 8.50. The smallest absolute Gasteiger partial charge is 0.265 e.